The molecule has 0 fully saturated rings. The molecule has 0 aliphatic rings. The average Bonchev–Trinajstić information content (AvgIpc) is 3.16. The molecule has 0 saturated carbocycles. The standard InChI is InChI=1S/C20H16ClF3N4O2S/c1-11(18(29)25-14-7-8-16(15(21)10-14)30-19(23)24)31-20-26-17(27-28-20)9-4-12-2-5-13(22)6-3-12/h2-11,19H,1H3,(H,25,29)(H,26,27,28)/b9-4+. The Morgan fingerprint density at radius 3 is 2.65 bits per heavy atom. The summed E-state index contributed by atoms with van der Waals surface area (Å²) in [6.45, 7) is -1.33. The maximum Gasteiger partial charge on any atom is 0.387 e. The predicted octanol–water partition coefficient (Wildman–Crippen LogP) is 5.49. The van der Waals surface area contributed by atoms with E-state index in [1.54, 1.807) is 31.2 Å². The van der Waals surface area contributed by atoms with Crippen molar-refractivity contribution in [3.63, 3.8) is 0 Å². The van der Waals surface area contributed by atoms with Crippen molar-refractivity contribution in [2.24, 2.45) is 0 Å². The number of nitrogens with zero attached hydrogens (tertiary/aromatic N) is 2. The largest absolute Gasteiger partial charge is 0.433 e. The van der Waals surface area contributed by atoms with E-state index in [4.69, 9.17) is 11.6 Å². The van der Waals surface area contributed by atoms with Crippen LogP contribution in [0.2, 0.25) is 5.02 Å². The van der Waals surface area contributed by atoms with Gasteiger partial charge in [0, 0.05) is 5.69 Å². The average molecular weight is 469 g/mol. The minimum Gasteiger partial charge on any atom is -0.433 e. The fraction of sp³-hybridized carbons (Fsp3) is 0.150. The fourth-order valence-corrected chi connectivity index (χ4v) is 3.32. The molecule has 1 unspecified atom stereocenters. The van der Waals surface area contributed by atoms with Gasteiger partial charge in [-0.1, -0.05) is 41.6 Å². The number of nitrogens with one attached hydrogen (secondary N) is 2. The first-order chi connectivity index (χ1) is 14.8. The number of rotatable bonds is 8. The normalized spacial score (nSPS) is 12.3. The smallest absolute Gasteiger partial charge is 0.387 e. The number of carbonyl (C=O) groups excluding carboxylic acids is 1. The first-order valence-corrected chi connectivity index (χ1v) is 10.1. The summed E-state index contributed by atoms with van der Waals surface area (Å²) in [7, 11) is 0. The molecule has 2 aromatic carbocycles. The number of benzene rings is 2. The van der Waals surface area contributed by atoms with Gasteiger partial charge in [0.1, 0.15) is 17.4 Å². The monoisotopic (exact) mass is 468 g/mol. The van der Waals surface area contributed by atoms with E-state index < -0.39 is 11.9 Å². The van der Waals surface area contributed by atoms with E-state index in [0.29, 0.717) is 16.7 Å². The summed E-state index contributed by atoms with van der Waals surface area (Å²) in [5, 5.41) is 9.19. The summed E-state index contributed by atoms with van der Waals surface area (Å²) in [5.41, 5.74) is 1.13. The second-order valence-corrected chi connectivity index (χ2v) is 7.88. The van der Waals surface area contributed by atoms with Crippen molar-refractivity contribution in [1.29, 1.82) is 0 Å². The highest BCUT2D eigenvalue weighted by Gasteiger charge is 2.18. The van der Waals surface area contributed by atoms with Gasteiger partial charge in [-0.2, -0.15) is 8.78 Å². The molecule has 0 bridgehead atoms. The molecule has 162 valence electrons. The van der Waals surface area contributed by atoms with Crippen LogP contribution >= 0.6 is 23.4 Å². The summed E-state index contributed by atoms with van der Waals surface area (Å²) in [5.74, 6) is -0.376. The molecule has 0 saturated heterocycles. The van der Waals surface area contributed by atoms with Crippen LogP contribution < -0.4 is 10.1 Å². The van der Waals surface area contributed by atoms with Gasteiger partial charge >= 0.3 is 6.61 Å². The summed E-state index contributed by atoms with van der Waals surface area (Å²) in [6, 6.07) is 9.94. The molecule has 1 atom stereocenters. The molecule has 11 heteroatoms. The highest BCUT2D eigenvalue weighted by atomic mass is 35.5. The van der Waals surface area contributed by atoms with E-state index >= 15 is 0 Å². The Balaban J connectivity index is 1.56. The molecule has 0 spiro atoms. The Labute approximate surface area is 184 Å². The minimum absolute atomic E-state index is 0.0510. The Morgan fingerprint density at radius 2 is 1.97 bits per heavy atom. The number of hydrogen-bond acceptors (Lipinski definition) is 5. The second-order valence-electron chi connectivity index (χ2n) is 6.16. The first kappa shape index (κ1) is 22.7. The van der Waals surface area contributed by atoms with Gasteiger partial charge in [-0.15, -0.1) is 5.10 Å². The Morgan fingerprint density at radius 1 is 1.23 bits per heavy atom. The van der Waals surface area contributed by atoms with Crippen LogP contribution in [-0.4, -0.2) is 32.9 Å². The van der Waals surface area contributed by atoms with Crippen LogP contribution in [0.4, 0.5) is 18.9 Å². The van der Waals surface area contributed by atoms with Gasteiger partial charge in [-0.25, -0.2) is 9.37 Å². The summed E-state index contributed by atoms with van der Waals surface area (Å²) in [6.07, 6.45) is 3.43. The maximum absolute atomic E-state index is 12.9. The van der Waals surface area contributed by atoms with Crippen LogP contribution in [0, 0.1) is 5.82 Å². The number of aromatic nitrogens is 3. The lowest BCUT2D eigenvalue weighted by atomic mass is 10.2. The van der Waals surface area contributed by atoms with Crippen molar-refractivity contribution >= 4 is 47.1 Å². The molecular formula is C20H16ClF3N4O2S. The molecular weight excluding hydrogens is 453 g/mol. The van der Waals surface area contributed by atoms with Gasteiger partial charge in [0.05, 0.1) is 10.3 Å². The van der Waals surface area contributed by atoms with Gasteiger partial charge < -0.3 is 10.1 Å². The highest BCUT2D eigenvalue weighted by molar-refractivity contribution is 8.00. The van der Waals surface area contributed by atoms with Crippen molar-refractivity contribution in [3.05, 3.63) is 64.7 Å². The number of thioether (sulfide) groups is 1. The zero-order valence-electron chi connectivity index (χ0n) is 16.0. The van der Waals surface area contributed by atoms with Crippen molar-refractivity contribution in [2.45, 2.75) is 23.9 Å². The molecule has 0 radical (unpaired) electrons. The van der Waals surface area contributed by atoms with E-state index in [-0.39, 0.29) is 22.5 Å². The van der Waals surface area contributed by atoms with Crippen molar-refractivity contribution in [1.82, 2.24) is 15.2 Å². The fourth-order valence-electron chi connectivity index (χ4n) is 2.36. The van der Waals surface area contributed by atoms with Crippen LogP contribution in [0.25, 0.3) is 12.2 Å². The number of carbonyl (C=O) groups is 1. The van der Waals surface area contributed by atoms with E-state index in [1.807, 2.05) is 0 Å². The zero-order chi connectivity index (χ0) is 22.4. The highest BCUT2D eigenvalue weighted by Crippen LogP contribution is 2.29. The molecule has 31 heavy (non-hydrogen) atoms. The number of halogens is 4. The van der Waals surface area contributed by atoms with Gasteiger partial charge in [0.25, 0.3) is 0 Å². The Kier molecular flexibility index (Phi) is 7.59. The molecule has 2 N–H and O–H groups in total. The van der Waals surface area contributed by atoms with Gasteiger partial charge in [0.15, 0.2) is 0 Å². The van der Waals surface area contributed by atoms with E-state index in [1.165, 1.54) is 30.3 Å². The van der Waals surface area contributed by atoms with Crippen LogP contribution in [0.3, 0.4) is 0 Å². The lowest BCUT2D eigenvalue weighted by molar-refractivity contribution is -0.115. The number of H-pyrrole nitrogens is 1. The van der Waals surface area contributed by atoms with Crippen molar-refractivity contribution in [3.8, 4) is 5.75 Å². The third-order valence-corrected chi connectivity index (χ3v) is 5.11. The SMILES string of the molecule is CC(Sc1n[nH]c(/C=C/c2ccc(F)cc2)n1)C(=O)Nc1ccc(OC(F)F)c(Cl)c1. The quantitative estimate of drug-likeness (QED) is 0.427. The Bertz CT molecular complexity index is 1080. The molecule has 3 rings (SSSR count). The number of anilines is 1. The second kappa shape index (κ2) is 10.4. The van der Waals surface area contributed by atoms with E-state index in [9.17, 15) is 18.0 Å². The van der Waals surface area contributed by atoms with E-state index in [2.05, 4.69) is 25.2 Å². The molecule has 1 amide bonds. The molecule has 3 aromatic rings. The van der Waals surface area contributed by atoms with Gasteiger partial charge in [-0.05, 0) is 48.9 Å². The number of aromatic amines is 1. The van der Waals surface area contributed by atoms with Crippen LogP contribution in [0.15, 0.2) is 47.6 Å². The van der Waals surface area contributed by atoms with Crippen molar-refractivity contribution < 1.29 is 22.7 Å². The number of hydrogen-bond donors (Lipinski definition) is 2. The minimum atomic E-state index is -2.99. The summed E-state index contributed by atoms with van der Waals surface area (Å²) < 4.78 is 41.8. The third-order valence-electron chi connectivity index (χ3n) is 3.85. The molecule has 6 nitrogen and oxygen atoms in total. The van der Waals surface area contributed by atoms with Crippen LogP contribution in [0.5, 0.6) is 5.75 Å². The lowest BCUT2D eigenvalue weighted by Crippen LogP contribution is -2.22. The molecule has 1 heterocycles. The predicted molar refractivity (Wildman–Crippen MR) is 114 cm³/mol. The first-order valence-electron chi connectivity index (χ1n) is 8.88. The van der Waals surface area contributed by atoms with Gasteiger partial charge in [0.2, 0.25) is 11.1 Å². The molecule has 0 aliphatic carbocycles. The Hall–Kier alpha value is -2.98. The van der Waals surface area contributed by atoms with Gasteiger partial charge in [-0.3, -0.25) is 9.89 Å². The number of amides is 1. The summed E-state index contributed by atoms with van der Waals surface area (Å²) in [4.78, 5) is 16.7. The number of alkyl halides is 2. The number of ether oxygens (including phenoxy) is 1. The molecule has 0 aliphatic heterocycles. The summed E-state index contributed by atoms with van der Waals surface area (Å²) >= 11 is 7.01. The van der Waals surface area contributed by atoms with Crippen molar-refractivity contribution in [2.75, 3.05) is 5.32 Å². The van der Waals surface area contributed by atoms with Crippen LogP contribution in [0.1, 0.15) is 18.3 Å². The van der Waals surface area contributed by atoms with E-state index in [0.717, 1.165) is 17.3 Å². The zero-order valence-corrected chi connectivity index (χ0v) is 17.6. The maximum atomic E-state index is 12.9. The van der Waals surface area contributed by atoms with Crippen LogP contribution in [-0.2, 0) is 4.79 Å². The lowest BCUT2D eigenvalue weighted by Gasteiger charge is -2.12. The third kappa shape index (κ3) is 6.76. The molecule has 1 aromatic heterocycles. The topological polar surface area (TPSA) is 79.9 Å².